The predicted molar refractivity (Wildman–Crippen MR) is 104 cm³/mol. The number of pyridine rings is 1. The lowest BCUT2D eigenvalue weighted by atomic mass is 10.1. The molecule has 0 saturated carbocycles. The van der Waals surface area contributed by atoms with E-state index < -0.39 is 10.0 Å². The number of sulfonamides is 1. The molecule has 0 spiro atoms. The Kier molecular flexibility index (Phi) is 5.03. The van der Waals surface area contributed by atoms with Gasteiger partial charge in [0.25, 0.3) is 0 Å². The molecule has 0 aliphatic carbocycles. The third-order valence-corrected chi connectivity index (χ3v) is 6.54. The fraction of sp³-hybridized carbons (Fsp3) is 0.190. The van der Waals surface area contributed by atoms with E-state index in [-0.39, 0.29) is 0 Å². The average molecular weight is 379 g/mol. The van der Waals surface area contributed by atoms with Gasteiger partial charge in [-0.05, 0) is 46.5 Å². The van der Waals surface area contributed by atoms with E-state index in [9.17, 15) is 8.42 Å². The smallest absolute Gasteiger partial charge is 0.243 e. The highest BCUT2D eigenvalue weighted by Crippen LogP contribution is 2.28. The molecule has 1 aromatic heterocycles. The molecule has 1 N–H and O–H groups in total. The molecule has 6 heteroatoms. The van der Waals surface area contributed by atoms with E-state index in [1.165, 1.54) is 0 Å². The Bertz CT molecular complexity index is 1010. The van der Waals surface area contributed by atoms with Gasteiger partial charge in [0.05, 0.1) is 4.90 Å². The van der Waals surface area contributed by atoms with Crippen molar-refractivity contribution in [1.82, 2.24) is 14.6 Å². The van der Waals surface area contributed by atoms with E-state index in [1.807, 2.05) is 42.5 Å². The zero-order valence-corrected chi connectivity index (χ0v) is 15.7. The van der Waals surface area contributed by atoms with Gasteiger partial charge in [0.15, 0.2) is 0 Å². The molecular formula is C21H21N3O2S. The minimum Gasteiger partial charge on any atom is -0.309 e. The zero-order chi connectivity index (χ0) is 18.7. The first-order chi connectivity index (χ1) is 13.1. The third-order valence-electron chi connectivity index (χ3n) is 4.76. The normalized spacial score (nSPS) is 14.2. The van der Waals surface area contributed by atoms with Crippen LogP contribution < -0.4 is 5.32 Å². The van der Waals surface area contributed by atoms with Crippen LogP contribution in [-0.4, -0.2) is 17.7 Å². The fourth-order valence-electron chi connectivity index (χ4n) is 3.29. The molecule has 0 radical (unpaired) electrons. The summed E-state index contributed by atoms with van der Waals surface area (Å²) in [5.74, 6) is 0. The number of fused-ring (bicyclic) bond motifs is 1. The number of nitrogens with zero attached hydrogens (tertiary/aromatic N) is 2. The van der Waals surface area contributed by atoms with Crippen LogP contribution in [0.25, 0.3) is 0 Å². The summed E-state index contributed by atoms with van der Waals surface area (Å²) in [6, 6.07) is 19.0. The summed E-state index contributed by atoms with van der Waals surface area (Å²) in [5, 5.41) is 3.34. The topological polar surface area (TPSA) is 62.3 Å². The van der Waals surface area contributed by atoms with E-state index >= 15 is 0 Å². The van der Waals surface area contributed by atoms with Crippen LogP contribution in [0.4, 0.5) is 0 Å². The Hall–Kier alpha value is -2.54. The summed E-state index contributed by atoms with van der Waals surface area (Å²) in [6.07, 6.45) is 3.52. The molecule has 3 aromatic rings. The van der Waals surface area contributed by atoms with Crippen molar-refractivity contribution < 1.29 is 8.42 Å². The third kappa shape index (κ3) is 3.93. The van der Waals surface area contributed by atoms with Crippen LogP contribution in [0.15, 0.2) is 78.0 Å². The van der Waals surface area contributed by atoms with Gasteiger partial charge in [-0.25, -0.2) is 8.42 Å². The summed E-state index contributed by atoms with van der Waals surface area (Å²) >= 11 is 0. The molecular weight excluding hydrogens is 358 g/mol. The van der Waals surface area contributed by atoms with Crippen molar-refractivity contribution in [2.24, 2.45) is 0 Å². The molecule has 0 fully saturated rings. The Balaban J connectivity index is 1.45. The summed E-state index contributed by atoms with van der Waals surface area (Å²) in [6.45, 7) is 2.18. The summed E-state index contributed by atoms with van der Waals surface area (Å²) in [4.78, 5) is 4.35. The van der Waals surface area contributed by atoms with Gasteiger partial charge in [-0.1, -0.05) is 36.4 Å². The van der Waals surface area contributed by atoms with Gasteiger partial charge >= 0.3 is 0 Å². The van der Waals surface area contributed by atoms with Crippen LogP contribution in [0.5, 0.6) is 0 Å². The second-order valence-corrected chi connectivity index (χ2v) is 8.59. The van der Waals surface area contributed by atoms with Crippen molar-refractivity contribution in [3.05, 3.63) is 95.3 Å². The van der Waals surface area contributed by atoms with Gasteiger partial charge < -0.3 is 5.32 Å². The first kappa shape index (κ1) is 17.9. The highest BCUT2D eigenvalue weighted by Gasteiger charge is 2.30. The summed E-state index contributed by atoms with van der Waals surface area (Å²) in [7, 11) is -3.51. The molecule has 27 heavy (non-hydrogen) atoms. The Labute approximate surface area is 159 Å². The lowest BCUT2D eigenvalue weighted by Gasteiger charge is -2.16. The van der Waals surface area contributed by atoms with Crippen molar-refractivity contribution >= 4 is 10.0 Å². The van der Waals surface area contributed by atoms with Crippen molar-refractivity contribution in [3.8, 4) is 0 Å². The quantitative estimate of drug-likeness (QED) is 0.715. The Morgan fingerprint density at radius 2 is 1.52 bits per heavy atom. The number of nitrogens with one attached hydrogen (secondary N) is 1. The monoisotopic (exact) mass is 379 g/mol. The number of benzene rings is 2. The maximum Gasteiger partial charge on any atom is 0.243 e. The van der Waals surface area contributed by atoms with E-state index in [0.717, 1.165) is 22.3 Å². The first-order valence-corrected chi connectivity index (χ1v) is 10.3. The van der Waals surface area contributed by atoms with Gasteiger partial charge in [-0.2, -0.15) is 4.31 Å². The van der Waals surface area contributed by atoms with Crippen LogP contribution in [-0.2, 0) is 36.2 Å². The molecule has 5 nitrogen and oxygen atoms in total. The van der Waals surface area contributed by atoms with Gasteiger partial charge in [0.2, 0.25) is 10.0 Å². The van der Waals surface area contributed by atoms with Crippen LogP contribution in [0.1, 0.15) is 22.3 Å². The molecule has 1 aliphatic heterocycles. The minimum absolute atomic E-state index is 0.346. The molecule has 0 saturated heterocycles. The van der Waals surface area contributed by atoms with Crippen molar-refractivity contribution in [2.75, 3.05) is 0 Å². The number of rotatable bonds is 6. The largest absolute Gasteiger partial charge is 0.309 e. The summed E-state index contributed by atoms with van der Waals surface area (Å²) in [5.41, 5.74) is 4.25. The molecule has 0 atom stereocenters. The maximum atomic E-state index is 13.0. The average Bonchev–Trinajstić information content (AvgIpc) is 3.14. The number of aromatic nitrogens is 1. The van der Waals surface area contributed by atoms with Crippen LogP contribution in [0.3, 0.4) is 0 Å². The molecule has 0 bridgehead atoms. The van der Waals surface area contributed by atoms with E-state index in [2.05, 4.69) is 10.3 Å². The van der Waals surface area contributed by atoms with E-state index in [1.54, 1.807) is 34.9 Å². The molecule has 1 aliphatic rings. The standard InChI is InChI=1S/C21H21N3O2S/c25-27(26,24-15-19-5-1-2-6-20(19)16-24)21-7-3-4-18(12-21)14-23-13-17-8-10-22-11-9-17/h1-12,23H,13-16H2. The summed E-state index contributed by atoms with van der Waals surface area (Å²) < 4.78 is 27.6. The fourth-order valence-corrected chi connectivity index (χ4v) is 4.76. The van der Waals surface area contributed by atoms with E-state index in [4.69, 9.17) is 0 Å². The second-order valence-electron chi connectivity index (χ2n) is 6.65. The number of hydrogen-bond acceptors (Lipinski definition) is 4. The predicted octanol–water partition coefficient (Wildman–Crippen LogP) is 3.08. The SMILES string of the molecule is O=S(=O)(c1cccc(CNCc2ccncc2)c1)N1Cc2ccccc2C1. The van der Waals surface area contributed by atoms with Crippen molar-refractivity contribution in [2.45, 2.75) is 31.1 Å². The molecule has 0 amide bonds. The van der Waals surface area contributed by atoms with Crippen molar-refractivity contribution in [3.63, 3.8) is 0 Å². The molecule has 2 aromatic carbocycles. The van der Waals surface area contributed by atoms with E-state index in [0.29, 0.717) is 31.1 Å². The van der Waals surface area contributed by atoms with Gasteiger partial charge in [0, 0.05) is 38.6 Å². The van der Waals surface area contributed by atoms with Gasteiger partial charge in [0.1, 0.15) is 0 Å². The molecule has 4 rings (SSSR count). The number of hydrogen-bond donors (Lipinski definition) is 1. The second kappa shape index (κ2) is 7.60. The molecule has 2 heterocycles. The lowest BCUT2D eigenvalue weighted by molar-refractivity contribution is 0.431. The minimum atomic E-state index is -3.51. The van der Waals surface area contributed by atoms with Crippen molar-refractivity contribution in [1.29, 1.82) is 0 Å². The lowest BCUT2D eigenvalue weighted by Crippen LogP contribution is -2.25. The van der Waals surface area contributed by atoms with Crippen LogP contribution >= 0.6 is 0 Å². The maximum absolute atomic E-state index is 13.0. The Morgan fingerprint density at radius 3 is 2.22 bits per heavy atom. The highest BCUT2D eigenvalue weighted by atomic mass is 32.2. The van der Waals surface area contributed by atoms with Gasteiger partial charge in [-0.15, -0.1) is 0 Å². The Morgan fingerprint density at radius 1 is 0.852 bits per heavy atom. The van der Waals surface area contributed by atoms with Gasteiger partial charge in [-0.3, -0.25) is 4.98 Å². The molecule has 138 valence electrons. The van der Waals surface area contributed by atoms with Crippen LogP contribution in [0.2, 0.25) is 0 Å². The van der Waals surface area contributed by atoms with Crippen LogP contribution in [0, 0.1) is 0 Å². The zero-order valence-electron chi connectivity index (χ0n) is 14.9. The first-order valence-electron chi connectivity index (χ1n) is 8.88. The highest BCUT2D eigenvalue weighted by molar-refractivity contribution is 7.89. The molecule has 0 unspecified atom stereocenters.